The highest BCUT2D eigenvalue weighted by atomic mass is 16.5. The largest absolute Gasteiger partial charge is 0.377 e. The van der Waals surface area contributed by atoms with Crippen LogP contribution in [-0.4, -0.2) is 28.4 Å². The van der Waals surface area contributed by atoms with Gasteiger partial charge < -0.3 is 14.6 Å². The van der Waals surface area contributed by atoms with E-state index in [1.807, 2.05) is 13.8 Å². The van der Waals surface area contributed by atoms with Crippen molar-refractivity contribution in [2.24, 2.45) is 14.1 Å². The Kier molecular flexibility index (Phi) is 5.30. The average Bonchev–Trinajstić information content (AvgIpc) is 2.33. The third-order valence-corrected chi connectivity index (χ3v) is 2.72. The predicted molar refractivity (Wildman–Crippen MR) is 69.7 cm³/mol. The fourth-order valence-electron chi connectivity index (χ4n) is 1.76. The summed E-state index contributed by atoms with van der Waals surface area (Å²) in [6, 6.07) is 0. The van der Waals surface area contributed by atoms with Crippen LogP contribution >= 0.6 is 0 Å². The minimum Gasteiger partial charge on any atom is -0.377 e. The zero-order valence-electron chi connectivity index (χ0n) is 11.4. The maximum absolute atomic E-state index is 11.8. The molecule has 1 aromatic rings. The second-order valence-electron chi connectivity index (χ2n) is 4.31. The Morgan fingerprint density at radius 1 is 1.39 bits per heavy atom. The first-order chi connectivity index (χ1) is 8.47. The van der Waals surface area contributed by atoms with E-state index in [4.69, 9.17) is 4.74 Å². The molecule has 1 unspecified atom stereocenters. The summed E-state index contributed by atoms with van der Waals surface area (Å²) in [5.74, 6) is 0. The molecule has 0 fully saturated rings. The van der Waals surface area contributed by atoms with Crippen LogP contribution in [0, 0.1) is 0 Å². The minimum absolute atomic E-state index is 0.103. The van der Waals surface area contributed by atoms with E-state index in [0.29, 0.717) is 25.3 Å². The highest BCUT2D eigenvalue weighted by Crippen LogP contribution is 1.91. The lowest BCUT2D eigenvalue weighted by atomic mass is 10.3. The SMILES string of the molecule is CCOC(C)CNCc1cn(C)c(=O)n(C)c1=O. The summed E-state index contributed by atoms with van der Waals surface area (Å²) in [7, 11) is 3.12. The Balaban J connectivity index is 2.69. The zero-order valence-corrected chi connectivity index (χ0v) is 11.4. The summed E-state index contributed by atoms with van der Waals surface area (Å²) in [5, 5.41) is 3.15. The molecule has 1 rings (SSSR count). The molecule has 6 heteroatoms. The van der Waals surface area contributed by atoms with Gasteiger partial charge in [-0.3, -0.25) is 9.36 Å². The first-order valence-electron chi connectivity index (χ1n) is 6.05. The van der Waals surface area contributed by atoms with E-state index >= 15 is 0 Å². The first kappa shape index (κ1) is 14.7. The highest BCUT2D eigenvalue weighted by Gasteiger charge is 2.07. The van der Waals surface area contributed by atoms with Gasteiger partial charge in [0.05, 0.1) is 6.10 Å². The van der Waals surface area contributed by atoms with Crippen molar-refractivity contribution < 1.29 is 4.74 Å². The maximum atomic E-state index is 11.8. The van der Waals surface area contributed by atoms with E-state index in [9.17, 15) is 9.59 Å². The van der Waals surface area contributed by atoms with Gasteiger partial charge >= 0.3 is 5.69 Å². The lowest BCUT2D eigenvalue weighted by Crippen LogP contribution is -2.40. The molecule has 1 heterocycles. The Bertz CT molecular complexity index is 504. The van der Waals surface area contributed by atoms with Crippen LogP contribution in [0.15, 0.2) is 15.8 Å². The van der Waals surface area contributed by atoms with Crippen molar-refractivity contribution in [1.82, 2.24) is 14.5 Å². The van der Waals surface area contributed by atoms with Crippen LogP contribution in [0.3, 0.4) is 0 Å². The normalized spacial score (nSPS) is 12.7. The molecule has 0 aromatic carbocycles. The topological polar surface area (TPSA) is 65.3 Å². The molecule has 1 N–H and O–H groups in total. The average molecular weight is 255 g/mol. The number of hydrogen-bond acceptors (Lipinski definition) is 4. The summed E-state index contributed by atoms with van der Waals surface area (Å²) in [6.07, 6.45) is 1.68. The van der Waals surface area contributed by atoms with Crippen LogP contribution in [0.1, 0.15) is 19.4 Å². The van der Waals surface area contributed by atoms with E-state index < -0.39 is 0 Å². The predicted octanol–water partition coefficient (Wildman–Crippen LogP) is -0.401. The monoisotopic (exact) mass is 255 g/mol. The smallest absolute Gasteiger partial charge is 0.330 e. The molecular weight excluding hydrogens is 234 g/mol. The number of nitrogens with zero attached hydrogens (tertiary/aromatic N) is 2. The van der Waals surface area contributed by atoms with E-state index in [0.717, 1.165) is 4.57 Å². The van der Waals surface area contributed by atoms with Gasteiger partial charge in [0.2, 0.25) is 0 Å². The minimum atomic E-state index is -0.313. The molecule has 0 aliphatic heterocycles. The Morgan fingerprint density at radius 3 is 2.67 bits per heavy atom. The Morgan fingerprint density at radius 2 is 2.06 bits per heavy atom. The molecule has 18 heavy (non-hydrogen) atoms. The number of ether oxygens (including phenoxy) is 1. The van der Waals surface area contributed by atoms with Gasteiger partial charge in [0.15, 0.2) is 0 Å². The molecule has 0 saturated heterocycles. The number of nitrogens with one attached hydrogen (secondary N) is 1. The van der Waals surface area contributed by atoms with Gasteiger partial charge in [-0.2, -0.15) is 0 Å². The number of aromatic nitrogens is 2. The van der Waals surface area contributed by atoms with Crippen LogP contribution in [0.4, 0.5) is 0 Å². The molecule has 0 spiro atoms. The number of rotatable bonds is 6. The van der Waals surface area contributed by atoms with Gasteiger partial charge in [-0.15, -0.1) is 0 Å². The van der Waals surface area contributed by atoms with E-state index in [1.165, 1.54) is 11.6 Å². The molecule has 1 atom stereocenters. The number of aryl methyl sites for hydroxylation is 1. The Hall–Kier alpha value is -1.40. The lowest BCUT2D eigenvalue weighted by molar-refractivity contribution is 0.0759. The van der Waals surface area contributed by atoms with Crippen molar-refractivity contribution in [3.05, 3.63) is 32.6 Å². The van der Waals surface area contributed by atoms with Crippen LogP contribution in [0.2, 0.25) is 0 Å². The molecule has 0 aliphatic rings. The molecule has 0 amide bonds. The molecule has 0 radical (unpaired) electrons. The summed E-state index contributed by atoms with van der Waals surface area (Å²) in [4.78, 5) is 23.3. The van der Waals surface area contributed by atoms with Crippen LogP contribution < -0.4 is 16.6 Å². The van der Waals surface area contributed by atoms with Crippen molar-refractivity contribution in [1.29, 1.82) is 0 Å². The van der Waals surface area contributed by atoms with Crippen LogP contribution in [-0.2, 0) is 25.4 Å². The third-order valence-electron chi connectivity index (χ3n) is 2.72. The molecule has 0 saturated carbocycles. The van der Waals surface area contributed by atoms with Gasteiger partial charge in [-0.25, -0.2) is 4.79 Å². The lowest BCUT2D eigenvalue weighted by Gasteiger charge is -2.13. The van der Waals surface area contributed by atoms with Crippen LogP contribution in [0.25, 0.3) is 0 Å². The van der Waals surface area contributed by atoms with E-state index in [2.05, 4.69) is 5.32 Å². The summed E-state index contributed by atoms with van der Waals surface area (Å²) < 4.78 is 7.90. The summed E-state index contributed by atoms with van der Waals surface area (Å²) in [6.45, 7) is 5.68. The van der Waals surface area contributed by atoms with Crippen LogP contribution in [0.5, 0.6) is 0 Å². The zero-order chi connectivity index (χ0) is 13.7. The second-order valence-corrected chi connectivity index (χ2v) is 4.31. The maximum Gasteiger partial charge on any atom is 0.330 e. The summed E-state index contributed by atoms with van der Waals surface area (Å²) in [5.41, 5.74) is 0.00407. The molecule has 1 aromatic heterocycles. The molecular formula is C12H21N3O3. The highest BCUT2D eigenvalue weighted by molar-refractivity contribution is 5.05. The van der Waals surface area contributed by atoms with Gasteiger partial charge in [-0.1, -0.05) is 0 Å². The van der Waals surface area contributed by atoms with Gasteiger partial charge in [0.1, 0.15) is 0 Å². The quantitative estimate of drug-likeness (QED) is 0.751. The fourth-order valence-corrected chi connectivity index (χ4v) is 1.76. The van der Waals surface area contributed by atoms with Crippen molar-refractivity contribution in [3.8, 4) is 0 Å². The van der Waals surface area contributed by atoms with Crippen molar-refractivity contribution in [3.63, 3.8) is 0 Å². The standard InChI is InChI=1S/C12H21N3O3/c1-5-18-9(2)6-13-7-10-8-14(3)12(17)15(4)11(10)16/h8-9,13H,5-7H2,1-4H3. The Labute approximate surface area is 106 Å². The van der Waals surface area contributed by atoms with E-state index in [1.54, 1.807) is 13.2 Å². The van der Waals surface area contributed by atoms with Crippen molar-refractivity contribution >= 4 is 0 Å². The molecule has 0 aliphatic carbocycles. The van der Waals surface area contributed by atoms with Crippen molar-refractivity contribution in [2.75, 3.05) is 13.2 Å². The molecule has 0 bridgehead atoms. The van der Waals surface area contributed by atoms with Gasteiger partial charge in [-0.05, 0) is 13.8 Å². The summed E-state index contributed by atoms with van der Waals surface area (Å²) >= 11 is 0. The second kappa shape index (κ2) is 6.51. The fraction of sp³-hybridized carbons (Fsp3) is 0.667. The van der Waals surface area contributed by atoms with E-state index in [-0.39, 0.29) is 17.4 Å². The van der Waals surface area contributed by atoms with Gasteiger partial charge in [0, 0.05) is 45.6 Å². The molecule has 6 nitrogen and oxygen atoms in total. The molecule has 102 valence electrons. The van der Waals surface area contributed by atoms with Crippen molar-refractivity contribution in [2.45, 2.75) is 26.5 Å². The third kappa shape index (κ3) is 3.54. The number of hydrogen-bond donors (Lipinski definition) is 1. The van der Waals surface area contributed by atoms with Gasteiger partial charge in [0.25, 0.3) is 5.56 Å². The first-order valence-corrected chi connectivity index (χ1v) is 6.05.